The number of sulfonamides is 1. The van der Waals surface area contributed by atoms with E-state index in [-0.39, 0.29) is 12.4 Å². The van der Waals surface area contributed by atoms with Crippen molar-refractivity contribution >= 4 is 15.7 Å². The Hall–Kier alpha value is -1.27. The Kier molecular flexibility index (Phi) is 4.88. The van der Waals surface area contributed by atoms with Crippen molar-refractivity contribution in [1.82, 2.24) is 4.72 Å². The van der Waals surface area contributed by atoms with E-state index in [1.807, 2.05) is 0 Å². The van der Waals surface area contributed by atoms with Crippen LogP contribution in [0.2, 0.25) is 0 Å². The van der Waals surface area contributed by atoms with Crippen LogP contribution >= 0.6 is 0 Å². The molecule has 0 aliphatic heterocycles. The fourth-order valence-electron chi connectivity index (χ4n) is 2.00. The van der Waals surface area contributed by atoms with Crippen LogP contribution in [0.3, 0.4) is 0 Å². The molecule has 1 atom stereocenters. The number of hydrogen-bond donors (Lipinski definition) is 2. The fourth-order valence-corrected chi connectivity index (χ4v) is 2.96. The summed E-state index contributed by atoms with van der Waals surface area (Å²) in [4.78, 5) is 0. The summed E-state index contributed by atoms with van der Waals surface area (Å²) in [6.45, 7) is 2.75. The van der Waals surface area contributed by atoms with Crippen LogP contribution in [-0.4, -0.2) is 27.3 Å². The largest absolute Gasteiger partial charge is 0.492 e. The van der Waals surface area contributed by atoms with Crippen molar-refractivity contribution < 1.29 is 13.2 Å². The van der Waals surface area contributed by atoms with Crippen LogP contribution in [-0.2, 0) is 10.0 Å². The van der Waals surface area contributed by atoms with E-state index < -0.39 is 10.0 Å². The summed E-state index contributed by atoms with van der Waals surface area (Å²) in [6, 6.07) is 6.90. The maximum absolute atomic E-state index is 11.8. The highest BCUT2D eigenvalue weighted by Gasteiger charge is 2.28. The summed E-state index contributed by atoms with van der Waals surface area (Å²) in [5.41, 5.74) is 6.21. The molecule has 0 amide bonds. The van der Waals surface area contributed by atoms with E-state index in [1.165, 1.54) is 12.8 Å². The summed E-state index contributed by atoms with van der Waals surface area (Å²) in [7, 11) is -3.26. The lowest BCUT2D eigenvalue weighted by atomic mass is 10.1. The lowest BCUT2D eigenvalue weighted by Crippen LogP contribution is -2.32. The smallest absolute Gasteiger partial charge is 0.214 e. The third-order valence-corrected chi connectivity index (χ3v) is 4.86. The minimum absolute atomic E-state index is 0.0330. The molecule has 112 valence electrons. The lowest BCUT2D eigenvalue weighted by Gasteiger charge is -2.12. The van der Waals surface area contributed by atoms with Gasteiger partial charge in [-0.05, 0) is 48.9 Å². The first-order valence-corrected chi connectivity index (χ1v) is 8.57. The molecular weight excluding hydrogens is 276 g/mol. The molecule has 1 aliphatic carbocycles. The van der Waals surface area contributed by atoms with E-state index in [0.717, 1.165) is 0 Å². The van der Waals surface area contributed by atoms with Crippen molar-refractivity contribution in [2.45, 2.75) is 19.8 Å². The zero-order valence-electron chi connectivity index (χ0n) is 11.7. The number of nitrogen functional groups attached to an aromatic ring is 1. The van der Waals surface area contributed by atoms with Crippen molar-refractivity contribution in [3.05, 3.63) is 24.3 Å². The Morgan fingerprint density at radius 1 is 1.35 bits per heavy atom. The van der Waals surface area contributed by atoms with Gasteiger partial charge in [-0.2, -0.15) is 0 Å². The van der Waals surface area contributed by atoms with Gasteiger partial charge < -0.3 is 10.5 Å². The highest BCUT2D eigenvalue weighted by atomic mass is 32.2. The number of nitrogens with two attached hydrogens (primary N) is 1. The number of benzene rings is 1. The maximum atomic E-state index is 11.8. The van der Waals surface area contributed by atoms with Crippen molar-refractivity contribution in [2.24, 2.45) is 11.8 Å². The van der Waals surface area contributed by atoms with Crippen LogP contribution in [0, 0.1) is 11.8 Å². The van der Waals surface area contributed by atoms with Gasteiger partial charge in [-0.1, -0.05) is 6.92 Å². The summed E-state index contributed by atoms with van der Waals surface area (Å²) < 4.78 is 31.7. The highest BCUT2D eigenvalue weighted by molar-refractivity contribution is 7.89. The highest BCUT2D eigenvalue weighted by Crippen LogP contribution is 2.36. The van der Waals surface area contributed by atoms with Crippen molar-refractivity contribution in [3.8, 4) is 5.75 Å². The molecule has 2 rings (SSSR count). The second-order valence-corrected chi connectivity index (χ2v) is 7.33. The zero-order valence-corrected chi connectivity index (χ0v) is 12.5. The van der Waals surface area contributed by atoms with E-state index >= 15 is 0 Å². The summed E-state index contributed by atoms with van der Waals surface area (Å²) in [5, 5.41) is 0. The van der Waals surface area contributed by atoms with Gasteiger partial charge >= 0.3 is 0 Å². The monoisotopic (exact) mass is 298 g/mol. The number of anilines is 1. The Morgan fingerprint density at radius 3 is 2.60 bits per heavy atom. The number of hydrogen-bond acceptors (Lipinski definition) is 4. The third kappa shape index (κ3) is 5.02. The molecule has 1 aliphatic rings. The van der Waals surface area contributed by atoms with Crippen LogP contribution in [0.15, 0.2) is 24.3 Å². The lowest BCUT2D eigenvalue weighted by molar-refractivity contribution is 0.340. The minimum Gasteiger partial charge on any atom is -0.492 e. The van der Waals surface area contributed by atoms with Crippen LogP contribution in [0.5, 0.6) is 5.75 Å². The van der Waals surface area contributed by atoms with Crippen LogP contribution in [0.4, 0.5) is 5.69 Å². The van der Waals surface area contributed by atoms with Gasteiger partial charge in [-0.3, -0.25) is 0 Å². The molecule has 0 bridgehead atoms. The molecule has 0 radical (unpaired) electrons. The van der Waals surface area contributed by atoms with Gasteiger partial charge in [-0.25, -0.2) is 13.1 Å². The topological polar surface area (TPSA) is 81.4 Å². The predicted octanol–water partition coefficient (Wildman–Crippen LogP) is 1.61. The first kappa shape index (κ1) is 15.1. The van der Waals surface area contributed by atoms with Gasteiger partial charge in [0.2, 0.25) is 10.0 Å². The average molecular weight is 298 g/mol. The predicted molar refractivity (Wildman–Crippen MR) is 80.0 cm³/mol. The molecule has 1 aromatic carbocycles. The average Bonchev–Trinajstić information content (AvgIpc) is 3.23. The van der Waals surface area contributed by atoms with Gasteiger partial charge in [-0.15, -0.1) is 0 Å². The first-order chi connectivity index (χ1) is 9.46. The number of ether oxygens (including phenoxy) is 1. The summed E-state index contributed by atoms with van der Waals surface area (Å²) in [5.74, 6) is 1.71. The van der Waals surface area contributed by atoms with Gasteiger partial charge in [0, 0.05) is 12.2 Å². The van der Waals surface area contributed by atoms with Gasteiger partial charge in [0.15, 0.2) is 0 Å². The van der Waals surface area contributed by atoms with Crippen LogP contribution in [0.25, 0.3) is 0 Å². The zero-order chi connectivity index (χ0) is 14.6. The molecule has 0 spiro atoms. The maximum Gasteiger partial charge on any atom is 0.214 e. The van der Waals surface area contributed by atoms with Gasteiger partial charge in [0.25, 0.3) is 0 Å². The minimum atomic E-state index is -3.26. The molecular formula is C14H22N2O3S. The van der Waals surface area contributed by atoms with Crippen LogP contribution in [0.1, 0.15) is 19.8 Å². The molecule has 20 heavy (non-hydrogen) atoms. The number of nitrogens with one attached hydrogen (secondary N) is 1. The fraction of sp³-hybridized carbons (Fsp3) is 0.571. The van der Waals surface area contributed by atoms with Gasteiger partial charge in [0.05, 0.1) is 5.75 Å². The van der Waals surface area contributed by atoms with Gasteiger partial charge in [0.1, 0.15) is 12.4 Å². The summed E-state index contributed by atoms with van der Waals surface area (Å²) in [6.07, 6.45) is 2.45. The van der Waals surface area contributed by atoms with Crippen molar-refractivity contribution in [1.29, 1.82) is 0 Å². The molecule has 6 heteroatoms. The summed E-state index contributed by atoms with van der Waals surface area (Å²) >= 11 is 0. The molecule has 1 fully saturated rings. The second kappa shape index (κ2) is 6.45. The Morgan fingerprint density at radius 2 is 2.00 bits per heavy atom. The SMILES string of the molecule is CC(CNS(=O)(=O)CCOc1ccc(N)cc1)C1CC1. The second-order valence-electron chi connectivity index (χ2n) is 5.40. The molecule has 0 saturated heterocycles. The standard InChI is InChI=1S/C14H22N2O3S/c1-11(12-2-3-12)10-16-20(17,18)9-8-19-14-6-4-13(15)5-7-14/h4-7,11-12,16H,2-3,8-10,15H2,1H3. The Bertz CT molecular complexity index is 524. The molecule has 1 aromatic rings. The third-order valence-electron chi connectivity index (χ3n) is 3.55. The van der Waals surface area contributed by atoms with E-state index in [4.69, 9.17) is 10.5 Å². The van der Waals surface area contributed by atoms with E-state index in [9.17, 15) is 8.42 Å². The molecule has 0 aromatic heterocycles. The first-order valence-electron chi connectivity index (χ1n) is 6.92. The van der Waals surface area contributed by atoms with Crippen molar-refractivity contribution in [2.75, 3.05) is 24.6 Å². The Balaban J connectivity index is 1.70. The van der Waals surface area contributed by atoms with Crippen molar-refractivity contribution in [3.63, 3.8) is 0 Å². The molecule has 5 nitrogen and oxygen atoms in total. The quantitative estimate of drug-likeness (QED) is 0.714. The van der Waals surface area contributed by atoms with E-state index in [1.54, 1.807) is 24.3 Å². The number of rotatable bonds is 8. The normalized spacial score (nSPS) is 16.9. The van der Waals surface area contributed by atoms with E-state index in [0.29, 0.717) is 29.8 Å². The van der Waals surface area contributed by atoms with Crippen LogP contribution < -0.4 is 15.2 Å². The Labute approximate surface area is 120 Å². The molecule has 0 heterocycles. The van der Waals surface area contributed by atoms with E-state index in [2.05, 4.69) is 11.6 Å². The molecule has 3 N–H and O–H groups in total. The molecule has 1 unspecified atom stereocenters. The molecule has 1 saturated carbocycles.